The first-order valence-corrected chi connectivity index (χ1v) is 8.41. The second-order valence-electron chi connectivity index (χ2n) is 4.81. The highest BCUT2D eigenvalue weighted by molar-refractivity contribution is 7.99. The van der Waals surface area contributed by atoms with Crippen molar-refractivity contribution in [3.8, 4) is 0 Å². The Morgan fingerprint density at radius 2 is 1.05 bits per heavy atom. The second kappa shape index (κ2) is 7.01. The number of rotatable bonds is 4. The third kappa shape index (κ3) is 3.41. The van der Waals surface area contributed by atoms with E-state index >= 15 is 0 Å². The van der Waals surface area contributed by atoms with Crippen LogP contribution < -0.4 is 5.11 Å². The smallest absolute Gasteiger partial charge is 0.165 e. The van der Waals surface area contributed by atoms with E-state index in [1.54, 1.807) is 0 Å². The van der Waals surface area contributed by atoms with E-state index in [2.05, 4.69) is 24.3 Å². The van der Waals surface area contributed by atoms with Crippen molar-refractivity contribution >= 4 is 16.7 Å². The lowest BCUT2D eigenvalue weighted by Gasteiger charge is -2.12. The van der Waals surface area contributed by atoms with Crippen molar-refractivity contribution in [1.82, 2.24) is 0 Å². The standard InChI is InChI=1S/C20H16OS/c21-20(17-10-4-1-5-11-17)16-22(18-12-6-2-7-13-18)19-14-8-3-9-15-19/h1-16H/b20-16-. The first kappa shape index (κ1) is 14.5. The van der Waals surface area contributed by atoms with Crippen molar-refractivity contribution in [1.29, 1.82) is 0 Å². The van der Waals surface area contributed by atoms with Crippen LogP contribution in [0.3, 0.4) is 0 Å². The fourth-order valence-electron chi connectivity index (χ4n) is 2.18. The summed E-state index contributed by atoms with van der Waals surface area (Å²) in [5.74, 6) is 0.0663. The van der Waals surface area contributed by atoms with Gasteiger partial charge in [-0.25, -0.2) is 0 Å². The maximum atomic E-state index is 12.6. The van der Waals surface area contributed by atoms with Crippen molar-refractivity contribution in [2.75, 3.05) is 0 Å². The molecule has 0 heterocycles. The van der Waals surface area contributed by atoms with Crippen LogP contribution in [0.5, 0.6) is 0 Å². The van der Waals surface area contributed by atoms with E-state index in [1.165, 1.54) is 0 Å². The maximum Gasteiger partial charge on any atom is 0.165 e. The van der Waals surface area contributed by atoms with Crippen molar-refractivity contribution in [2.45, 2.75) is 9.79 Å². The molecule has 0 aliphatic rings. The molecule has 2 heteroatoms. The molecule has 22 heavy (non-hydrogen) atoms. The summed E-state index contributed by atoms with van der Waals surface area (Å²) >= 11 is 0. The lowest BCUT2D eigenvalue weighted by molar-refractivity contribution is -0.243. The lowest BCUT2D eigenvalue weighted by Crippen LogP contribution is -2.07. The van der Waals surface area contributed by atoms with Gasteiger partial charge >= 0.3 is 0 Å². The van der Waals surface area contributed by atoms with E-state index in [0.717, 1.165) is 15.4 Å². The zero-order chi connectivity index (χ0) is 15.2. The molecule has 0 saturated heterocycles. The van der Waals surface area contributed by atoms with Crippen molar-refractivity contribution in [2.24, 2.45) is 0 Å². The summed E-state index contributed by atoms with van der Waals surface area (Å²) in [5.41, 5.74) is 0.729. The van der Waals surface area contributed by atoms with Gasteiger partial charge in [0.2, 0.25) is 0 Å². The Labute approximate surface area is 133 Å². The van der Waals surface area contributed by atoms with Crippen LogP contribution in [0.25, 0.3) is 5.76 Å². The van der Waals surface area contributed by atoms with Crippen LogP contribution in [0, 0.1) is 0 Å². The Bertz CT molecular complexity index is 697. The molecule has 0 N–H and O–H groups in total. The van der Waals surface area contributed by atoms with Gasteiger partial charge in [0, 0.05) is 0 Å². The summed E-state index contributed by atoms with van der Waals surface area (Å²) in [6.07, 6.45) is 0. The molecule has 0 aliphatic heterocycles. The average Bonchev–Trinajstić information content (AvgIpc) is 2.62. The predicted octanol–water partition coefficient (Wildman–Crippen LogP) is 4.08. The van der Waals surface area contributed by atoms with Crippen LogP contribution in [0.1, 0.15) is 5.56 Å². The van der Waals surface area contributed by atoms with Crippen LogP contribution in [0.2, 0.25) is 0 Å². The van der Waals surface area contributed by atoms with Crippen molar-refractivity contribution in [3.05, 3.63) is 102 Å². The lowest BCUT2D eigenvalue weighted by atomic mass is 10.2. The van der Waals surface area contributed by atoms with Gasteiger partial charge < -0.3 is 5.11 Å². The van der Waals surface area contributed by atoms with Gasteiger partial charge in [-0.3, -0.25) is 0 Å². The highest BCUT2D eigenvalue weighted by atomic mass is 32.2. The molecule has 0 spiro atoms. The van der Waals surface area contributed by atoms with E-state index in [4.69, 9.17) is 0 Å². The predicted molar refractivity (Wildman–Crippen MR) is 91.2 cm³/mol. The van der Waals surface area contributed by atoms with Gasteiger partial charge in [0.1, 0.15) is 5.41 Å². The Morgan fingerprint density at radius 1 is 0.636 bits per heavy atom. The van der Waals surface area contributed by atoms with Crippen LogP contribution in [0.15, 0.2) is 106 Å². The first-order chi connectivity index (χ1) is 10.8. The fraction of sp³-hybridized carbons (Fsp3) is 0. The highest BCUT2D eigenvalue weighted by Gasteiger charge is 2.22. The molecular formula is C20H16OS. The molecule has 0 atom stereocenters. The van der Waals surface area contributed by atoms with E-state index < -0.39 is 0 Å². The molecule has 0 unspecified atom stereocenters. The van der Waals surface area contributed by atoms with Crippen LogP contribution in [-0.4, -0.2) is 0 Å². The maximum absolute atomic E-state index is 12.6. The minimum Gasteiger partial charge on any atom is -0.869 e. The minimum atomic E-state index is -0.356. The van der Waals surface area contributed by atoms with Gasteiger partial charge in [0.05, 0.1) is 10.9 Å². The molecule has 0 saturated carbocycles. The third-order valence-electron chi connectivity index (χ3n) is 3.28. The van der Waals surface area contributed by atoms with Gasteiger partial charge in [-0.05, 0) is 29.8 Å². The molecule has 0 aromatic heterocycles. The second-order valence-corrected chi connectivity index (χ2v) is 6.67. The minimum absolute atomic E-state index is 0.0663. The fourth-order valence-corrected chi connectivity index (χ4v) is 3.98. The normalized spacial score (nSPS) is 11.6. The summed E-state index contributed by atoms with van der Waals surface area (Å²) in [7, 11) is -0.356. The summed E-state index contributed by atoms with van der Waals surface area (Å²) < 4.78 is 0. The Morgan fingerprint density at radius 3 is 1.50 bits per heavy atom. The zero-order valence-electron chi connectivity index (χ0n) is 12.1. The van der Waals surface area contributed by atoms with E-state index in [1.807, 2.05) is 72.1 Å². The molecule has 0 aliphatic carbocycles. The molecule has 0 amide bonds. The Kier molecular flexibility index (Phi) is 4.62. The summed E-state index contributed by atoms with van der Waals surface area (Å²) in [4.78, 5) is 2.30. The molecule has 3 rings (SSSR count). The summed E-state index contributed by atoms with van der Waals surface area (Å²) in [6, 6.07) is 29.8. The van der Waals surface area contributed by atoms with Crippen LogP contribution >= 0.6 is 0 Å². The van der Waals surface area contributed by atoms with Gasteiger partial charge in [-0.15, -0.1) is 0 Å². The SMILES string of the molecule is [O-]/C(=C\[S+](c1ccccc1)c1ccccc1)c1ccccc1. The van der Waals surface area contributed by atoms with Gasteiger partial charge in [0.15, 0.2) is 9.79 Å². The number of hydrogen-bond acceptors (Lipinski definition) is 1. The van der Waals surface area contributed by atoms with Crippen molar-refractivity contribution in [3.63, 3.8) is 0 Å². The molecule has 3 aromatic rings. The third-order valence-corrected chi connectivity index (χ3v) is 5.29. The van der Waals surface area contributed by atoms with Crippen LogP contribution in [-0.2, 0) is 10.9 Å². The molecule has 108 valence electrons. The zero-order valence-corrected chi connectivity index (χ0v) is 12.9. The Hall–Kier alpha value is -2.45. The summed E-state index contributed by atoms with van der Waals surface area (Å²) in [5, 5.41) is 14.4. The van der Waals surface area contributed by atoms with E-state index in [9.17, 15) is 5.11 Å². The van der Waals surface area contributed by atoms with Gasteiger partial charge in [0.25, 0.3) is 0 Å². The summed E-state index contributed by atoms with van der Waals surface area (Å²) in [6.45, 7) is 0. The Balaban J connectivity index is 2.03. The van der Waals surface area contributed by atoms with Gasteiger partial charge in [-0.2, -0.15) is 0 Å². The topological polar surface area (TPSA) is 23.1 Å². The van der Waals surface area contributed by atoms with Crippen LogP contribution in [0.4, 0.5) is 0 Å². The molecule has 0 fully saturated rings. The number of benzene rings is 3. The molecule has 1 nitrogen and oxygen atoms in total. The van der Waals surface area contributed by atoms with Crippen molar-refractivity contribution < 1.29 is 5.11 Å². The molecular weight excluding hydrogens is 288 g/mol. The van der Waals surface area contributed by atoms with E-state index in [-0.39, 0.29) is 16.7 Å². The van der Waals surface area contributed by atoms with Gasteiger partial charge in [-0.1, -0.05) is 72.5 Å². The molecule has 0 radical (unpaired) electrons. The first-order valence-electron chi connectivity index (χ1n) is 7.12. The highest BCUT2D eigenvalue weighted by Crippen LogP contribution is 2.26. The quantitative estimate of drug-likeness (QED) is 0.526. The largest absolute Gasteiger partial charge is 0.869 e. The molecule has 3 aromatic carbocycles. The average molecular weight is 304 g/mol. The molecule has 0 bridgehead atoms. The monoisotopic (exact) mass is 304 g/mol. The number of hydrogen-bond donors (Lipinski definition) is 0. The van der Waals surface area contributed by atoms with E-state index in [0.29, 0.717) is 0 Å².